The van der Waals surface area contributed by atoms with Crippen LogP contribution in [0, 0.1) is 0 Å². The van der Waals surface area contributed by atoms with E-state index < -0.39 is 0 Å². The minimum absolute atomic E-state index is 0. The summed E-state index contributed by atoms with van der Waals surface area (Å²) < 4.78 is 6.36. The first kappa shape index (κ1) is 24.4. The van der Waals surface area contributed by atoms with E-state index >= 15 is 0 Å². The van der Waals surface area contributed by atoms with Crippen LogP contribution in [0.1, 0.15) is 30.8 Å². The molecule has 1 aliphatic heterocycles. The second kappa shape index (κ2) is 12.1. The number of halogens is 1. The number of aryl methyl sites for hydroxylation is 1. The molecule has 2 aromatic heterocycles. The standard InChI is InChI=1S/C22H30N8S.HI/c1-3-20-26-22(31-27-20)29-13-11-28(12-14-29)21(23-4-2)24-16-18-7-5-8-19(15-18)17-30-10-6-9-25-30;/h5-10,15H,3-4,11-14,16-17H2,1-2H3,(H,23,24);1H. The van der Waals surface area contributed by atoms with Crippen LogP contribution in [0.4, 0.5) is 5.13 Å². The van der Waals surface area contributed by atoms with Crippen LogP contribution in [0.15, 0.2) is 47.7 Å². The van der Waals surface area contributed by atoms with Gasteiger partial charge in [0.25, 0.3) is 0 Å². The van der Waals surface area contributed by atoms with Gasteiger partial charge in [-0.3, -0.25) is 4.68 Å². The number of rotatable bonds is 7. The summed E-state index contributed by atoms with van der Waals surface area (Å²) in [5.74, 6) is 1.92. The SMILES string of the molecule is CCNC(=NCc1cccc(Cn2cccn2)c1)N1CCN(c2nc(CC)ns2)CC1.I. The predicted octanol–water partition coefficient (Wildman–Crippen LogP) is 3.25. The van der Waals surface area contributed by atoms with Gasteiger partial charge < -0.3 is 15.1 Å². The van der Waals surface area contributed by atoms with Crippen molar-refractivity contribution in [1.82, 2.24) is 29.4 Å². The predicted molar refractivity (Wildman–Crippen MR) is 141 cm³/mol. The van der Waals surface area contributed by atoms with Crippen molar-refractivity contribution >= 4 is 46.6 Å². The lowest BCUT2D eigenvalue weighted by Crippen LogP contribution is -2.52. The van der Waals surface area contributed by atoms with E-state index in [-0.39, 0.29) is 24.0 Å². The molecule has 3 aromatic rings. The first-order valence-corrected chi connectivity index (χ1v) is 11.7. The largest absolute Gasteiger partial charge is 0.357 e. The molecule has 1 N–H and O–H groups in total. The Balaban J connectivity index is 0.00000289. The van der Waals surface area contributed by atoms with E-state index in [0.717, 1.165) is 62.6 Å². The fourth-order valence-electron chi connectivity index (χ4n) is 3.63. The zero-order valence-corrected chi connectivity index (χ0v) is 21.8. The summed E-state index contributed by atoms with van der Waals surface area (Å²) in [5.41, 5.74) is 2.44. The van der Waals surface area contributed by atoms with Crippen LogP contribution in [0.2, 0.25) is 0 Å². The van der Waals surface area contributed by atoms with Crippen molar-refractivity contribution in [2.75, 3.05) is 37.6 Å². The molecule has 0 bridgehead atoms. The van der Waals surface area contributed by atoms with Crippen LogP contribution >= 0.6 is 35.5 Å². The quantitative estimate of drug-likeness (QED) is 0.269. The summed E-state index contributed by atoms with van der Waals surface area (Å²) in [6.45, 7) is 10.2. The molecular formula is C22H31IN8S. The third-order valence-electron chi connectivity index (χ3n) is 5.26. The monoisotopic (exact) mass is 566 g/mol. The van der Waals surface area contributed by atoms with Gasteiger partial charge in [0, 0.05) is 63.1 Å². The van der Waals surface area contributed by atoms with E-state index in [1.54, 1.807) is 0 Å². The first-order valence-electron chi connectivity index (χ1n) is 10.9. The third kappa shape index (κ3) is 6.41. The van der Waals surface area contributed by atoms with Gasteiger partial charge in [0.1, 0.15) is 5.82 Å². The summed E-state index contributed by atoms with van der Waals surface area (Å²) in [4.78, 5) is 14.2. The van der Waals surface area contributed by atoms with Gasteiger partial charge in [0.05, 0.1) is 13.1 Å². The van der Waals surface area contributed by atoms with Gasteiger partial charge in [-0.2, -0.15) is 9.47 Å². The van der Waals surface area contributed by atoms with Crippen molar-refractivity contribution in [3.8, 4) is 0 Å². The second-order valence-electron chi connectivity index (χ2n) is 7.51. The zero-order chi connectivity index (χ0) is 21.5. The number of benzene rings is 1. The van der Waals surface area contributed by atoms with E-state index in [1.165, 1.54) is 22.7 Å². The molecule has 0 saturated carbocycles. The van der Waals surface area contributed by atoms with Gasteiger partial charge in [-0.05, 0) is 24.1 Å². The van der Waals surface area contributed by atoms with Gasteiger partial charge >= 0.3 is 0 Å². The highest BCUT2D eigenvalue weighted by atomic mass is 127. The van der Waals surface area contributed by atoms with Crippen molar-refractivity contribution < 1.29 is 0 Å². The number of nitrogens with zero attached hydrogens (tertiary/aromatic N) is 7. The summed E-state index contributed by atoms with van der Waals surface area (Å²) >= 11 is 1.50. The minimum atomic E-state index is 0. The molecule has 1 aliphatic rings. The molecular weight excluding hydrogens is 535 g/mol. The minimum Gasteiger partial charge on any atom is -0.357 e. The van der Waals surface area contributed by atoms with Crippen LogP contribution in [-0.2, 0) is 19.5 Å². The van der Waals surface area contributed by atoms with E-state index in [9.17, 15) is 0 Å². The van der Waals surface area contributed by atoms with Crippen LogP contribution in [0.5, 0.6) is 0 Å². The van der Waals surface area contributed by atoms with Crippen molar-refractivity contribution in [3.05, 3.63) is 59.7 Å². The van der Waals surface area contributed by atoms with E-state index in [1.807, 2.05) is 23.1 Å². The molecule has 8 nitrogen and oxygen atoms in total. The summed E-state index contributed by atoms with van der Waals surface area (Å²) in [6, 6.07) is 10.5. The average molecular weight is 567 g/mol. The lowest BCUT2D eigenvalue weighted by molar-refractivity contribution is 0.372. The van der Waals surface area contributed by atoms with E-state index in [2.05, 4.69) is 67.7 Å². The van der Waals surface area contributed by atoms with Gasteiger partial charge in [0.2, 0.25) is 5.13 Å². The second-order valence-corrected chi connectivity index (χ2v) is 8.24. The van der Waals surface area contributed by atoms with Crippen LogP contribution in [0.25, 0.3) is 0 Å². The van der Waals surface area contributed by atoms with Crippen LogP contribution < -0.4 is 10.2 Å². The molecule has 0 radical (unpaired) electrons. The summed E-state index contributed by atoms with van der Waals surface area (Å²) in [6.07, 6.45) is 4.68. The maximum Gasteiger partial charge on any atom is 0.205 e. The summed E-state index contributed by atoms with van der Waals surface area (Å²) in [7, 11) is 0. The normalized spacial score (nSPS) is 14.4. The number of hydrogen-bond donors (Lipinski definition) is 1. The number of anilines is 1. The zero-order valence-electron chi connectivity index (χ0n) is 18.6. The van der Waals surface area contributed by atoms with Crippen LogP contribution in [0.3, 0.4) is 0 Å². The van der Waals surface area contributed by atoms with Gasteiger partial charge in [0.15, 0.2) is 5.96 Å². The molecule has 1 aromatic carbocycles. The Morgan fingerprint density at radius 3 is 2.62 bits per heavy atom. The maximum atomic E-state index is 4.93. The van der Waals surface area contributed by atoms with Gasteiger partial charge in [-0.15, -0.1) is 24.0 Å². The number of hydrogen-bond acceptors (Lipinski definition) is 6. The Bertz CT molecular complexity index is 979. The molecule has 10 heteroatoms. The van der Waals surface area contributed by atoms with Crippen molar-refractivity contribution in [2.45, 2.75) is 33.4 Å². The number of aliphatic imine (C=N–C) groups is 1. The van der Waals surface area contributed by atoms with Crippen LogP contribution in [-0.4, -0.2) is 62.7 Å². The number of piperazine rings is 1. The third-order valence-corrected chi connectivity index (χ3v) is 6.08. The maximum absolute atomic E-state index is 4.93. The average Bonchev–Trinajstić information content (AvgIpc) is 3.49. The Hall–Kier alpha value is -2.21. The number of guanidine groups is 1. The fraction of sp³-hybridized carbons (Fsp3) is 0.455. The topological polar surface area (TPSA) is 74.5 Å². The highest BCUT2D eigenvalue weighted by Gasteiger charge is 2.22. The fourth-order valence-corrected chi connectivity index (χ4v) is 4.43. The molecule has 4 rings (SSSR count). The Morgan fingerprint density at radius 2 is 1.94 bits per heavy atom. The number of aromatic nitrogens is 4. The lowest BCUT2D eigenvalue weighted by Gasteiger charge is -2.36. The molecule has 0 aliphatic carbocycles. The highest BCUT2D eigenvalue weighted by Crippen LogP contribution is 2.19. The number of nitrogens with one attached hydrogen (secondary N) is 1. The van der Waals surface area contributed by atoms with E-state index in [0.29, 0.717) is 6.54 Å². The van der Waals surface area contributed by atoms with Crippen molar-refractivity contribution in [2.24, 2.45) is 4.99 Å². The molecule has 3 heterocycles. The smallest absolute Gasteiger partial charge is 0.205 e. The molecule has 32 heavy (non-hydrogen) atoms. The van der Waals surface area contributed by atoms with Gasteiger partial charge in [-0.1, -0.05) is 31.2 Å². The molecule has 0 atom stereocenters. The molecule has 172 valence electrons. The Morgan fingerprint density at radius 1 is 1.12 bits per heavy atom. The molecule has 0 unspecified atom stereocenters. The Kier molecular flexibility index (Phi) is 9.27. The first-order chi connectivity index (χ1) is 15.2. The molecule has 1 fully saturated rings. The summed E-state index contributed by atoms with van der Waals surface area (Å²) in [5, 5.41) is 8.79. The van der Waals surface area contributed by atoms with Crippen molar-refractivity contribution in [1.29, 1.82) is 0 Å². The Labute approximate surface area is 210 Å². The lowest BCUT2D eigenvalue weighted by atomic mass is 10.1. The van der Waals surface area contributed by atoms with Crippen molar-refractivity contribution in [3.63, 3.8) is 0 Å². The molecule has 0 spiro atoms. The van der Waals surface area contributed by atoms with E-state index in [4.69, 9.17) is 4.99 Å². The molecule has 0 amide bonds. The highest BCUT2D eigenvalue weighted by molar-refractivity contribution is 14.0. The molecule has 1 saturated heterocycles. The van der Waals surface area contributed by atoms with Gasteiger partial charge in [-0.25, -0.2) is 9.98 Å².